The van der Waals surface area contributed by atoms with Gasteiger partial charge in [0.2, 0.25) is 5.91 Å². The minimum atomic E-state index is -1.11. The second-order valence-corrected chi connectivity index (χ2v) is 7.20. The number of rotatable bonds is 4. The lowest BCUT2D eigenvalue weighted by Crippen LogP contribution is -2.43. The first-order valence-electron chi connectivity index (χ1n) is 8.91. The minimum absolute atomic E-state index is 0.152. The highest BCUT2D eigenvalue weighted by Crippen LogP contribution is 2.24. The van der Waals surface area contributed by atoms with E-state index in [1.807, 2.05) is 0 Å². The van der Waals surface area contributed by atoms with Gasteiger partial charge in [-0.15, -0.1) is 0 Å². The SMILES string of the molecule is NC(=O)c1cc(NC(=O)C2CCCN(C(=O)c3ccc(Cl)cc3)C2)c(F)cc1F. The zero-order valence-corrected chi connectivity index (χ0v) is 16.0. The first-order chi connectivity index (χ1) is 13.8. The highest BCUT2D eigenvalue weighted by Gasteiger charge is 2.29. The summed E-state index contributed by atoms with van der Waals surface area (Å²) >= 11 is 5.84. The number of nitrogens with one attached hydrogen (secondary N) is 1. The maximum atomic E-state index is 14.0. The van der Waals surface area contributed by atoms with Crippen LogP contribution in [0, 0.1) is 17.6 Å². The molecule has 1 saturated heterocycles. The molecule has 152 valence electrons. The molecule has 0 saturated carbocycles. The number of piperidine rings is 1. The largest absolute Gasteiger partial charge is 0.366 e. The summed E-state index contributed by atoms with van der Waals surface area (Å²) in [5.74, 6) is -4.55. The van der Waals surface area contributed by atoms with Gasteiger partial charge in [0.1, 0.15) is 11.6 Å². The molecule has 0 aromatic heterocycles. The number of nitrogens with two attached hydrogens (primary N) is 1. The van der Waals surface area contributed by atoms with Crippen molar-refractivity contribution in [1.29, 1.82) is 0 Å². The molecule has 6 nitrogen and oxygen atoms in total. The molecule has 1 fully saturated rings. The highest BCUT2D eigenvalue weighted by molar-refractivity contribution is 6.30. The second-order valence-electron chi connectivity index (χ2n) is 6.76. The molecule has 9 heteroatoms. The number of carbonyl (C=O) groups is 3. The van der Waals surface area contributed by atoms with E-state index in [9.17, 15) is 23.2 Å². The van der Waals surface area contributed by atoms with Crippen LogP contribution in [-0.2, 0) is 4.79 Å². The summed E-state index contributed by atoms with van der Waals surface area (Å²) in [6.45, 7) is 0.640. The number of benzene rings is 2. The van der Waals surface area contributed by atoms with Crippen LogP contribution in [-0.4, -0.2) is 35.7 Å². The number of hydrogen-bond donors (Lipinski definition) is 2. The molecule has 1 aliphatic heterocycles. The van der Waals surface area contributed by atoms with Crippen molar-refractivity contribution in [3.05, 3.63) is 64.2 Å². The van der Waals surface area contributed by atoms with Crippen molar-refractivity contribution in [2.75, 3.05) is 18.4 Å². The van der Waals surface area contributed by atoms with Gasteiger partial charge in [0, 0.05) is 29.7 Å². The van der Waals surface area contributed by atoms with Gasteiger partial charge in [0.25, 0.3) is 11.8 Å². The molecule has 1 unspecified atom stereocenters. The normalized spacial score (nSPS) is 16.4. The molecule has 1 heterocycles. The lowest BCUT2D eigenvalue weighted by atomic mass is 9.96. The molecule has 1 atom stereocenters. The summed E-state index contributed by atoms with van der Waals surface area (Å²) < 4.78 is 27.6. The van der Waals surface area contributed by atoms with E-state index in [-0.39, 0.29) is 18.1 Å². The van der Waals surface area contributed by atoms with E-state index in [1.54, 1.807) is 29.2 Å². The third-order valence-electron chi connectivity index (χ3n) is 4.75. The summed E-state index contributed by atoms with van der Waals surface area (Å²) in [6, 6.07) is 7.78. The second kappa shape index (κ2) is 8.57. The summed E-state index contributed by atoms with van der Waals surface area (Å²) in [4.78, 5) is 38.0. The number of likely N-dealkylation sites (tertiary alicyclic amines) is 1. The quantitative estimate of drug-likeness (QED) is 0.793. The van der Waals surface area contributed by atoms with E-state index in [4.69, 9.17) is 17.3 Å². The van der Waals surface area contributed by atoms with Crippen molar-refractivity contribution in [2.24, 2.45) is 11.7 Å². The highest BCUT2D eigenvalue weighted by atomic mass is 35.5. The smallest absolute Gasteiger partial charge is 0.253 e. The van der Waals surface area contributed by atoms with Crippen molar-refractivity contribution < 1.29 is 23.2 Å². The van der Waals surface area contributed by atoms with Crippen LogP contribution in [0.15, 0.2) is 36.4 Å². The maximum absolute atomic E-state index is 14.0. The molecule has 0 spiro atoms. The number of primary amides is 1. The van der Waals surface area contributed by atoms with Crippen molar-refractivity contribution >= 4 is 35.0 Å². The van der Waals surface area contributed by atoms with Crippen LogP contribution in [0.2, 0.25) is 5.02 Å². The van der Waals surface area contributed by atoms with Crippen LogP contribution in [0.5, 0.6) is 0 Å². The summed E-state index contributed by atoms with van der Waals surface area (Å²) in [5, 5.41) is 2.87. The fraction of sp³-hybridized carbons (Fsp3) is 0.250. The van der Waals surface area contributed by atoms with Crippen LogP contribution in [0.1, 0.15) is 33.6 Å². The lowest BCUT2D eigenvalue weighted by Gasteiger charge is -2.32. The Hall–Kier alpha value is -3.00. The van der Waals surface area contributed by atoms with E-state index in [1.165, 1.54) is 0 Å². The summed E-state index contributed by atoms with van der Waals surface area (Å²) in [7, 11) is 0. The minimum Gasteiger partial charge on any atom is -0.366 e. The Kier molecular flexibility index (Phi) is 6.12. The third kappa shape index (κ3) is 4.71. The number of nitrogens with zero attached hydrogens (tertiary/aromatic N) is 1. The van der Waals surface area contributed by atoms with Gasteiger partial charge in [-0.2, -0.15) is 0 Å². The first kappa shape index (κ1) is 20.7. The molecule has 29 heavy (non-hydrogen) atoms. The van der Waals surface area contributed by atoms with Crippen LogP contribution < -0.4 is 11.1 Å². The number of hydrogen-bond acceptors (Lipinski definition) is 3. The zero-order chi connectivity index (χ0) is 21.1. The summed E-state index contributed by atoms with van der Waals surface area (Å²) in [6.07, 6.45) is 1.09. The molecule has 3 N–H and O–H groups in total. The summed E-state index contributed by atoms with van der Waals surface area (Å²) in [5.41, 5.74) is 4.64. The predicted molar refractivity (Wildman–Crippen MR) is 104 cm³/mol. The molecule has 0 aliphatic carbocycles. The van der Waals surface area contributed by atoms with E-state index in [0.717, 1.165) is 6.07 Å². The number of anilines is 1. The Morgan fingerprint density at radius 1 is 1.10 bits per heavy atom. The molecule has 0 radical (unpaired) electrons. The van der Waals surface area contributed by atoms with Crippen molar-refractivity contribution in [3.8, 4) is 0 Å². The van der Waals surface area contributed by atoms with Gasteiger partial charge in [-0.1, -0.05) is 11.6 Å². The van der Waals surface area contributed by atoms with Crippen LogP contribution >= 0.6 is 11.6 Å². The maximum Gasteiger partial charge on any atom is 0.253 e. The molecule has 3 amide bonds. The van der Waals surface area contributed by atoms with E-state index < -0.39 is 34.9 Å². The molecule has 3 rings (SSSR count). The van der Waals surface area contributed by atoms with Crippen LogP contribution in [0.3, 0.4) is 0 Å². The van der Waals surface area contributed by atoms with Gasteiger partial charge < -0.3 is 16.0 Å². The molecule has 1 aliphatic rings. The standard InChI is InChI=1S/C20H18ClF2N3O3/c21-13-5-3-11(4-6-13)20(29)26-7-1-2-12(10-26)19(28)25-17-8-14(18(24)27)15(22)9-16(17)23/h3-6,8-9,12H,1-2,7,10H2,(H2,24,27)(H,25,28). The van der Waals surface area contributed by atoms with E-state index in [0.29, 0.717) is 36.0 Å². The average Bonchev–Trinajstić information content (AvgIpc) is 2.69. The Balaban J connectivity index is 1.71. The molecular weight excluding hydrogens is 404 g/mol. The van der Waals surface area contributed by atoms with Gasteiger partial charge >= 0.3 is 0 Å². The van der Waals surface area contributed by atoms with Gasteiger partial charge in [-0.05, 0) is 43.2 Å². The topological polar surface area (TPSA) is 92.5 Å². The molecule has 0 bridgehead atoms. The van der Waals surface area contributed by atoms with Gasteiger partial charge in [0.05, 0.1) is 17.2 Å². The van der Waals surface area contributed by atoms with Crippen molar-refractivity contribution in [3.63, 3.8) is 0 Å². The van der Waals surface area contributed by atoms with Crippen molar-refractivity contribution in [2.45, 2.75) is 12.8 Å². The first-order valence-corrected chi connectivity index (χ1v) is 9.28. The van der Waals surface area contributed by atoms with Crippen molar-refractivity contribution in [1.82, 2.24) is 4.90 Å². The molecule has 2 aromatic carbocycles. The average molecular weight is 422 g/mol. The van der Waals surface area contributed by atoms with Gasteiger partial charge in [0.15, 0.2) is 0 Å². The Morgan fingerprint density at radius 2 is 1.79 bits per heavy atom. The number of amides is 3. The van der Waals surface area contributed by atoms with Crippen LogP contribution in [0.4, 0.5) is 14.5 Å². The zero-order valence-electron chi connectivity index (χ0n) is 15.3. The Bertz CT molecular complexity index is 966. The van der Waals surface area contributed by atoms with Gasteiger partial charge in [-0.3, -0.25) is 14.4 Å². The molecular formula is C20H18ClF2N3O3. The third-order valence-corrected chi connectivity index (χ3v) is 5.00. The predicted octanol–water partition coefficient (Wildman–Crippen LogP) is 3.21. The monoisotopic (exact) mass is 421 g/mol. The Labute approximate surface area is 170 Å². The molecule has 2 aromatic rings. The Morgan fingerprint density at radius 3 is 2.45 bits per heavy atom. The number of halogens is 3. The number of carbonyl (C=O) groups excluding carboxylic acids is 3. The lowest BCUT2D eigenvalue weighted by molar-refractivity contribution is -0.121. The van der Waals surface area contributed by atoms with E-state index in [2.05, 4.69) is 5.32 Å². The van der Waals surface area contributed by atoms with E-state index >= 15 is 0 Å². The van der Waals surface area contributed by atoms with Crippen LogP contribution in [0.25, 0.3) is 0 Å². The fourth-order valence-corrected chi connectivity index (χ4v) is 3.35. The van der Waals surface area contributed by atoms with Gasteiger partial charge in [-0.25, -0.2) is 8.78 Å². The fourth-order valence-electron chi connectivity index (χ4n) is 3.22.